The van der Waals surface area contributed by atoms with E-state index in [9.17, 15) is 9.59 Å². The summed E-state index contributed by atoms with van der Waals surface area (Å²) in [6.45, 7) is 10.5. The largest absolute Gasteiger partial charge is 0.495 e. The Bertz CT molecular complexity index is 1240. The Hall–Kier alpha value is -4.14. The lowest BCUT2D eigenvalue weighted by molar-refractivity contribution is -0.114. The van der Waals surface area contributed by atoms with Crippen LogP contribution in [0, 0.1) is 20.8 Å². The number of nitrogens with one attached hydrogen (secondary N) is 3. The number of benzene rings is 2. The van der Waals surface area contributed by atoms with Crippen LogP contribution in [0.5, 0.6) is 5.75 Å². The van der Waals surface area contributed by atoms with Crippen LogP contribution in [-0.4, -0.2) is 34.7 Å². The number of ether oxygens (including phenoxy) is 1. The van der Waals surface area contributed by atoms with E-state index in [1.54, 1.807) is 31.4 Å². The van der Waals surface area contributed by atoms with Crippen LogP contribution in [0.15, 0.2) is 47.5 Å². The number of methoxy groups -OCH3 is 1. The van der Waals surface area contributed by atoms with Crippen LogP contribution in [0.3, 0.4) is 0 Å². The van der Waals surface area contributed by atoms with Gasteiger partial charge in [-0.2, -0.15) is 5.10 Å². The number of aliphatic imine (C=N–C) groups is 1. The maximum Gasteiger partial charge on any atom is 0.257 e. The molecule has 3 aromatic rings. The highest BCUT2D eigenvalue weighted by Crippen LogP contribution is 2.25. The fourth-order valence-corrected chi connectivity index (χ4v) is 3.67. The van der Waals surface area contributed by atoms with E-state index in [1.165, 1.54) is 6.92 Å². The summed E-state index contributed by atoms with van der Waals surface area (Å²) in [6.07, 6.45) is 0. The quantitative estimate of drug-likeness (QED) is 0.350. The molecule has 1 aromatic heterocycles. The summed E-state index contributed by atoms with van der Waals surface area (Å²) < 4.78 is 7.41. The third-order valence-electron chi connectivity index (χ3n) is 5.53. The predicted molar refractivity (Wildman–Crippen MR) is 138 cm³/mol. The van der Waals surface area contributed by atoms with Crippen LogP contribution in [-0.2, 0) is 17.9 Å². The van der Waals surface area contributed by atoms with Crippen LogP contribution >= 0.6 is 0 Å². The average Bonchev–Trinajstić information content (AvgIpc) is 3.10. The van der Waals surface area contributed by atoms with Crippen molar-refractivity contribution in [1.29, 1.82) is 0 Å². The molecule has 0 fully saturated rings. The van der Waals surface area contributed by atoms with Crippen LogP contribution in [0.25, 0.3) is 0 Å². The van der Waals surface area contributed by atoms with Crippen molar-refractivity contribution < 1.29 is 14.3 Å². The highest BCUT2D eigenvalue weighted by molar-refractivity contribution is 6.10. The van der Waals surface area contributed by atoms with Crippen LogP contribution < -0.4 is 20.7 Å². The number of guanidine groups is 1. The van der Waals surface area contributed by atoms with E-state index in [0.717, 1.165) is 29.1 Å². The molecule has 0 aliphatic heterocycles. The van der Waals surface area contributed by atoms with Gasteiger partial charge in [-0.3, -0.25) is 19.6 Å². The SMILES string of the molecule is CCn1nc(C)c(CN=C(NC(=O)c2ccc(NC(C)=O)cc2)Nc2cc(C)ccc2OC)c1C. The average molecular weight is 477 g/mol. The number of nitrogens with zero attached hydrogens (tertiary/aromatic N) is 3. The monoisotopic (exact) mass is 476 g/mol. The van der Waals surface area contributed by atoms with Gasteiger partial charge in [0.1, 0.15) is 5.75 Å². The molecule has 0 unspecified atom stereocenters. The molecular formula is C26H32N6O3. The Morgan fingerprint density at radius 3 is 2.37 bits per heavy atom. The molecular weight excluding hydrogens is 444 g/mol. The van der Waals surface area contributed by atoms with Crippen molar-refractivity contribution in [3.05, 3.63) is 70.5 Å². The van der Waals surface area contributed by atoms with E-state index in [0.29, 0.717) is 29.2 Å². The van der Waals surface area contributed by atoms with Gasteiger partial charge in [-0.05, 0) is 69.7 Å². The summed E-state index contributed by atoms with van der Waals surface area (Å²) in [5.41, 5.74) is 5.71. The summed E-state index contributed by atoms with van der Waals surface area (Å²) in [5, 5.41) is 13.3. The Morgan fingerprint density at radius 2 is 1.77 bits per heavy atom. The molecule has 0 saturated heterocycles. The first-order chi connectivity index (χ1) is 16.7. The molecule has 2 amide bonds. The molecule has 9 nitrogen and oxygen atoms in total. The number of carbonyl (C=O) groups is 2. The van der Waals surface area contributed by atoms with Gasteiger partial charge < -0.3 is 15.4 Å². The zero-order valence-electron chi connectivity index (χ0n) is 21.0. The van der Waals surface area contributed by atoms with Crippen molar-refractivity contribution in [1.82, 2.24) is 15.1 Å². The van der Waals surface area contributed by atoms with Crippen molar-refractivity contribution in [2.45, 2.75) is 47.7 Å². The molecule has 3 N–H and O–H groups in total. The number of aryl methyl sites for hydroxylation is 3. The third kappa shape index (κ3) is 6.47. The number of amides is 2. The molecule has 0 radical (unpaired) electrons. The molecule has 0 bridgehead atoms. The summed E-state index contributed by atoms with van der Waals surface area (Å²) in [4.78, 5) is 29.0. The van der Waals surface area contributed by atoms with Gasteiger partial charge in [-0.25, -0.2) is 4.99 Å². The van der Waals surface area contributed by atoms with E-state index >= 15 is 0 Å². The van der Waals surface area contributed by atoms with Gasteiger partial charge in [0.25, 0.3) is 5.91 Å². The number of rotatable bonds is 7. The maximum absolute atomic E-state index is 13.0. The zero-order valence-corrected chi connectivity index (χ0v) is 21.0. The lowest BCUT2D eigenvalue weighted by Gasteiger charge is -2.15. The van der Waals surface area contributed by atoms with Gasteiger partial charge >= 0.3 is 0 Å². The number of aromatic nitrogens is 2. The van der Waals surface area contributed by atoms with Gasteiger partial charge in [0.05, 0.1) is 25.0 Å². The minimum Gasteiger partial charge on any atom is -0.495 e. The summed E-state index contributed by atoms with van der Waals surface area (Å²) in [5.74, 6) is 0.399. The molecule has 0 saturated carbocycles. The fraction of sp³-hybridized carbons (Fsp3) is 0.308. The fourth-order valence-electron chi connectivity index (χ4n) is 3.67. The predicted octanol–water partition coefficient (Wildman–Crippen LogP) is 4.19. The van der Waals surface area contributed by atoms with Gasteiger partial charge in [0, 0.05) is 36.0 Å². The molecule has 0 aliphatic carbocycles. The number of hydrogen-bond acceptors (Lipinski definition) is 5. The first kappa shape index (κ1) is 25.5. The molecule has 0 aliphatic rings. The van der Waals surface area contributed by atoms with Gasteiger partial charge in [-0.1, -0.05) is 6.07 Å². The van der Waals surface area contributed by atoms with Gasteiger partial charge in [0.2, 0.25) is 11.9 Å². The number of hydrogen-bond donors (Lipinski definition) is 3. The normalized spacial score (nSPS) is 11.2. The van der Waals surface area contributed by atoms with Crippen molar-refractivity contribution in [2.75, 3.05) is 17.7 Å². The smallest absolute Gasteiger partial charge is 0.257 e. The number of carbonyl (C=O) groups excluding carboxylic acids is 2. The minimum atomic E-state index is -0.338. The van der Waals surface area contributed by atoms with E-state index < -0.39 is 0 Å². The molecule has 35 heavy (non-hydrogen) atoms. The Balaban J connectivity index is 1.89. The highest BCUT2D eigenvalue weighted by Gasteiger charge is 2.14. The Labute approximate surface area is 205 Å². The van der Waals surface area contributed by atoms with Crippen LogP contribution in [0.1, 0.15) is 46.7 Å². The Morgan fingerprint density at radius 1 is 1.06 bits per heavy atom. The Kier molecular flexibility index (Phi) is 8.25. The molecule has 1 heterocycles. The lowest BCUT2D eigenvalue weighted by Crippen LogP contribution is -2.36. The number of anilines is 2. The second-order valence-corrected chi connectivity index (χ2v) is 8.17. The molecule has 0 atom stereocenters. The first-order valence-corrected chi connectivity index (χ1v) is 11.4. The lowest BCUT2D eigenvalue weighted by atomic mass is 10.2. The third-order valence-corrected chi connectivity index (χ3v) is 5.53. The minimum absolute atomic E-state index is 0.176. The van der Waals surface area contributed by atoms with Crippen molar-refractivity contribution >= 4 is 29.1 Å². The second kappa shape index (κ2) is 11.3. The molecule has 184 valence electrons. The molecule has 2 aromatic carbocycles. The van der Waals surface area contributed by atoms with Crippen LogP contribution in [0.4, 0.5) is 11.4 Å². The maximum atomic E-state index is 13.0. The summed E-state index contributed by atoms with van der Waals surface area (Å²) in [7, 11) is 1.59. The van der Waals surface area contributed by atoms with Gasteiger partial charge in [-0.15, -0.1) is 0 Å². The summed E-state index contributed by atoms with van der Waals surface area (Å²) >= 11 is 0. The standard InChI is InChI=1S/C26H32N6O3/c1-7-32-18(4)22(17(3)31-32)15-27-26(29-23-14-16(2)8-13-24(23)35-6)30-25(34)20-9-11-21(12-10-20)28-19(5)33/h8-14H,7,15H2,1-6H3,(H,28,33)(H2,27,29,30,34). The molecule has 9 heteroatoms. The van der Waals surface area contributed by atoms with Gasteiger partial charge in [0.15, 0.2) is 0 Å². The second-order valence-electron chi connectivity index (χ2n) is 8.17. The van der Waals surface area contributed by atoms with Crippen molar-refractivity contribution in [3.63, 3.8) is 0 Å². The molecule has 0 spiro atoms. The molecule has 3 rings (SSSR count). The van der Waals surface area contributed by atoms with E-state index in [1.807, 2.05) is 50.6 Å². The van der Waals surface area contributed by atoms with Crippen molar-refractivity contribution in [2.24, 2.45) is 4.99 Å². The van der Waals surface area contributed by atoms with Crippen molar-refractivity contribution in [3.8, 4) is 5.75 Å². The van der Waals surface area contributed by atoms with E-state index in [4.69, 9.17) is 9.73 Å². The summed E-state index contributed by atoms with van der Waals surface area (Å²) in [6, 6.07) is 12.4. The zero-order chi connectivity index (χ0) is 25.5. The van der Waals surface area contributed by atoms with E-state index in [-0.39, 0.29) is 17.8 Å². The van der Waals surface area contributed by atoms with Crippen LogP contribution in [0.2, 0.25) is 0 Å². The topological polar surface area (TPSA) is 110 Å². The highest BCUT2D eigenvalue weighted by atomic mass is 16.5. The van der Waals surface area contributed by atoms with E-state index in [2.05, 4.69) is 21.0 Å². The first-order valence-electron chi connectivity index (χ1n) is 11.4.